The van der Waals surface area contributed by atoms with Crippen LogP contribution >= 0.6 is 15.9 Å². The molecule has 0 bridgehead atoms. The quantitative estimate of drug-likeness (QED) is 0.713. The molecule has 1 aliphatic rings. The first-order valence-electron chi connectivity index (χ1n) is 7.33. The number of carbonyl (C=O) groups is 3. The zero-order chi connectivity index (χ0) is 17.5. The van der Waals surface area contributed by atoms with Gasteiger partial charge in [0.25, 0.3) is 0 Å². The first-order valence-corrected chi connectivity index (χ1v) is 8.13. The fourth-order valence-electron chi connectivity index (χ4n) is 2.04. The maximum Gasteiger partial charge on any atom is 0.337 e. The van der Waals surface area contributed by atoms with Gasteiger partial charge in [-0.2, -0.15) is 0 Å². The monoisotopic (exact) mass is 396 g/mol. The maximum absolute atomic E-state index is 11.9. The summed E-state index contributed by atoms with van der Waals surface area (Å²) in [4.78, 5) is 35.2. The Bertz CT molecular complexity index is 670. The summed E-state index contributed by atoms with van der Waals surface area (Å²) in [7, 11) is 0. The summed E-state index contributed by atoms with van der Waals surface area (Å²) in [6, 6.07) is 6.82. The van der Waals surface area contributed by atoms with Crippen molar-refractivity contribution in [2.24, 2.45) is 0 Å². The SMILES string of the molecule is CCOC(=O)C1=C(COC(=O)Cc2ccc(Br)cc2)NC(=O)NC1. The fourth-order valence-corrected chi connectivity index (χ4v) is 2.31. The first-order chi connectivity index (χ1) is 11.5. The molecule has 1 heterocycles. The highest BCUT2D eigenvalue weighted by Gasteiger charge is 2.24. The van der Waals surface area contributed by atoms with E-state index in [0.717, 1.165) is 10.0 Å². The van der Waals surface area contributed by atoms with E-state index >= 15 is 0 Å². The van der Waals surface area contributed by atoms with Crippen molar-refractivity contribution in [3.63, 3.8) is 0 Å². The van der Waals surface area contributed by atoms with Crippen molar-refractivity contribution < 1.29 is 23.9 Å². The summed E-state index contributed by atoms with van der Waals surface area (Å²) in [6.07, 6.45) is 0.0987. The van der Waals surface area contributed by atoms with E-state index in [1.54, 1.807) is 19.1 Å². The van der Waals surface area contributed by atoms with Crippen LogP contribution in [0.4, 0.5) is 4.79 Å². The molecule has 0 saturated heterocycles. The lowest BCUT2D eigenvalue weighted by atomic mass is 10.1. The summed E-state index contributed by atoms with van der Waals surface area (Å²) in [5, 5.41) is 4.96. The molecule has 24 heavy (non-hydrogen) atoms. The largest absolute Gasteiger partial charge is 0.463 e. The zero-order valence-electron chi connectivity index (χ0n) is 13.1. The Morgan fingerprint density at radius 2 is 1.92 bits per heavy atom. The first kappa shape index (κ1) is 18.0. The van der Waals surface area contributed by atoms with E-state index in [4.69, 9.17) is 9.47 Å². The number of esters is 2. The Balaban J connectivity index is 1.98. The molecule has 7 nitrogen and oxygen atoms in total. The Morgan fingerprint density at radius 3 is 2.58 bits per heavy atom. The number of carbonyl (C=O) groups excluding carboxylic acids is 3. The zero-order valence-corrected chi connectivity index (χ0v) is 14.6. The van der Waals surface area contributed by atoms with Crippen LogP contribution in [0.5, 0.6) is 0 Å². The third-order valence-corrected chi connectivity index (χ3v) is 3.74. The standard InChI is InChI=1S/C16H17BrN2O5/c1-2-23-15(21)12-8-18-16(22)19-13(12)9-24-14(20)7-10-3-5-11(17)6-4-10/h3-6H,2,7-9H2,1H3,(H2,18,19,22). The minimum absolute atomic E-state index is 0.0320. The molecule has 0 radical (unpaired) electrons. The van der Waals surface area contributed by atoms with Gasteiger partial charge in [0.05, 0.1) is 30.8 Å². The fraction of sp³-hybridized carbons (Fsp3) is 0.312. The van der Waals surface area contributed by atoms with Crippen LogP contribution in [0.2, 0.25) is 0 Å². The van der Waals surface area contributed by atoms with Gasteiger partial charge in [-0.3, -0.25) is 4.79 Å². The summed E-state index contributed by atoms with van der Waals surface area (Å²) in [5.74, 6) is -1.01. The summed E-state index contributed by atoms with van der Waals surface area (Å²) in [5.41, 5.74) is 1.28. The van der Waals surface area contributed by atoms with E-state index in [2.05, 4.69) is 26.6 Å². The second kappa shape index (κ2) is 8.49. The van der Waals surface area contributed by atoms with Gasteiger partial charge in [-0.05, 0) is 24.6 Å². The third kappa shape index (κ3) is 5.09. The van der Waals surface area contributed by atoms with E-state index < -0.39 is 18.0 Å². The van der Waals surface area contributed by atoms with Crippen LogP contribution in [0.25, 0.3) is 0 Å². The molecule has 0 aromatic heterocycles. The van der Waals surface area contributed by atoms with Gasteiger partial charge in [0.2, 0.25) is 0 Å². The molecule has 0 aliphatic carbocycles. The Kier molecular flexibility index (Phi) is 6.36. The Morgan fingerprint density at radius 1 is 1.21 bits per heavy atom. The number of hydrogen-bond donors (Lipinski definition) is 2. The molecule has 1 aliphatic heterocycles. The number of urea groups is 1. The molecule has 0 fully saturated rings. The summed E-state index contributed by atoms with van der Waals surface area (Å²) in [6.45, 7) is 1.74. The van der Waals surface area contributed by atoms with Crippen LogP contribution in [-0.4, -0.2) is 37.7 Å². The average Bonchev–Trinajstić information content (AvgIpc) is 2.55. The van der Waals surface area contributed by atoms with E-state index in [-0.39, 0.29) is 37.4 Å². The Hall–Kier alpha value is -2.35. The van der Waals surface area contributed by atoms with E-state index in [0.29, 0.717) is 0 Å². The van der Waals surface area contributed by atoms with Crippen LogP contribution in [0.1, 0.15) is 12.5 Å². The van der Waals surface area contributed by atoms with Crippen molar-refractivity contribution in [1.29, 1.82) is 0 Å². The molecule has 0 spiro atoms. The van der Waals surface area contributed by atoms with Gasteiger partial charge in [0.1, 0.15) is 6.61 Å². The van der Waals surface area contributed by atoms with Gasteiger partial charge in [-0.15, -0.1) is 0 Å². The van der Waals surface area contributed by atoms with Crippen molar-refractivity contribution in [2.45, 2.75) is 13.3 Å². The number of nitrogens with one attached hydrogen (secondary N) is 2. The van der Waals surface area contributed by atoms with Gasteiger partial charge >= 0.3 is 18.0 Å². The number of amides is 2. The van der Waals surface area contributed by atoms with Crippen molar-refractivity contribution in [3.8, 4) is 0 Å². The van der Waals surface area contributed by atoms with Crippen LogP contribution in [0, 0.1) is 0 Å². The molecule has 0 atom stereocenters. The second-order valence-corrected chi connectivity index (χ2v) is 5.86. The van der Waals surface area contributed by atoms with E-state index in [9.17, 15) is 14.4 Å². The highest BCUT2D eigenvalue weighted by Crippen LogP contribution is 2.12. The minimum atomic E-state index is -0.552. The second-order valence-electron chi connectivity index (χ2n) is 4.95. The van der Waals surface area contributed by atoms with Crippen LogP contribution in [-0.2, 0) is 25.5 Å². The van der Waals surface area contributed by atoms with Gasteiger partial charge in [0.15, 0.2) is 0 Å². The molecule has 8 heteroatoms. The normalized spacial score (nSPS) is 13.8. The average molecular weight is 397 g/mol. The molecule has 128 valence electrons. The third-order valence-electron chi connectivity index (χ3n) is 3.22. The van der Waals surface area contributed by atoms with Gasteiger partial charge < -0.3 is 20.1 Å². The van der Waals surface area contributed by atoms with Crippen molar-refractivity contribution >= 4 is 33.9 Å². The lowest BCUT2D eigenvalue weighted by Gasteiger charge is -2.21. The number of hydrogen-bond acceptors (Lipinski definition) is 5. The predicted molar refractivity (Wildman–Crippen MR) is 89.0 cm³/mol. The number of rotatable bonds is 6. The molecule has 2 amide bonds. The molecule has 1 aromatic rings. The van der Waals surface area contributed by atoms with E-state index in [1.807, 2.05) is 12.1 Å². The van der Waals surface area contributed by atoms with Crippen LogP contribution < -0.4 is 10.6 Å². The van der Waals surface area contributed by atoms with E-state index in [1.165, 1.54) is 0 Å². The van der Waals surface area contributed by atoms with Crippen LogP contribution in [0.15, 0.2) is 40.0 Å². The summed E-state index contributed by atoms with van der Waals surface area (Å²) < 4.78 is 11.0. The van der Waals surface area contributed by atoms with Gasteiger partial charge in [-0.1, -0.05) is 28.1 Å². The van der Waals surface area contributed by atoms with Gasteiger partial charge in [-0.25, -0.2) is 9.59 Å². The van der Waals surface area contributed by atoms with Crippen molar-refractivity contribution in [2.75, 3.05) is 19.8 Å². The number of benzene rings is 1. The number of ether oxygens (including phenoxy) is 2. The minimum Gasteiger partial charge on any atom is -0.463 e. The highest BCUT2D eigenvalue weighted by molar-refractivity contribution is 9.10. The lowest BCUT2D eigenvalue weighted by molar-refractivity contribution is -0.143. The maximum atomic E-state index is 11.9. The van der Waals surface area contributed by atoms with Crippen molar-refractivity contribution in [1.82, 2.24) is 10.6 Å². The highest BCUT2D eigenvalue weighted by atomic mass is 79.9. The molecule has 2 rings (SSSR count). The molecule has 2 N–H and O–H groups in total. The topological polar surface area (TPSA) is 93.7 Å². The predicted octanol–water partition coefficient (Wildman–Crippen LogP) is 1.66. The molecule has 0 saturated carbocycles. The van der Waals surface area contributed by atoms with Crippen LogP contribution in [0.3, 0.4) is 0 Å². The lowest BCUT2D eigenvalue weighted by Crippen LogP contribution is -2.45. The summed E-state index contributed by atoms with van der Waals surface area (Å²) >= 11 is 3.32. The number of halogens is 1. The van der Waals surface area contributed by atoms with Crippen molar-refractivity contribution in [3.05, 3.63) is 45.6 Å². The molecular formula is C16H17BrN2O5. The molecule has 0 unspecified atom stereocenters. The Labute approximate surface area is 147 Å². The smallest absolute Gasteiger partial charge is 0.337 e. The molecular weight excluding hydrogens is 380 g/mol. The molecule has 1 aromatic carbocycles. The van der Waals surface area contributed by atoms with Gasteiger partial charge in [0, 0.05) is 4.47 Å².